The van der Waals surface area contributed by atoms with Crippen LogP contribution in [0.15, 0.2) is 63.4 Å². The Balaban J connectivity index is 1.73. The molecule has 0 radical (unpaired) electrons. The number of nitrogens with zero attached hydrogens (tertiary/aromatic N) is 3. The molecule has 0 fully saturated rings. The molecule has 110 valence electrons. The van der Waals surface area contributed by atoms with Crippen molar-refractivity contribution >= 4 is 27.4 Å². The van der Waals surface area contributed by atoms with E-state index in [1.807, 2.05) is 35.7 Å². The standard InChI is InChI=1S/C16H13N3O2S/c1-3-12(20-6-1)9-19(10-13-4-2-7-21-13)15-14-5-8-22-16(14)18-11-17-15/h1-8,11H,9-10H2. The number of furan rings is 2. The van der Waals surface area contributed by atoms with Gasteiger partial charge in [-0.2, -0.15) is 0 Å². The number of aromatic nitrogens is 2. The molecule has 6 heteroatoms. The number of hydrogen-bond acceptors (Lipinski definition) is 6. The van der Waals surface area contributed by atoms with Crippen LogP contribution in [-0.4, -0.2) is 9.97 Å². The van der Waals surface area contributed by atoms with Crippen LogP contribution in [0, 0.1) is 0 Å². The van der Waals surface area contributed by atoms with E-state index in [9.17, 15) is 0 Å². The predicted octanol–water partition coefficient (Wildman–Crippen LogP) is 4.08. The molecule has 0 N–H and O–H groups in total. The third-order valence-corrected chi connectivity index (χ3v) is 4.21. The highest BCUT2D eigenvalue weighted by atomic mass is 32.1. The van der Waals surface area contributed by atoms with Crippen LogP contribution in [0.1, 0.15) is 11.5 Å². The Bertz CT molecular complexity index is 816. The van der Waals surface area contributed by atoms with E-state index in [1.54, 1.807) is 30.2 Å². The van der Waals surface area contributed by atoms with E-state index >= 15 is 0 Å². The third kappa shape index (κ3) is 2.48. The van der Waals surface area contributed by atoms with Gasteiger partial charge in [0, 0.05) is 0 Å². The van der Waals surface area contributed by atoms with Gasteiger partial charge in [0.25, 0.3) is 0 Å². The third-order valence-electron chi connectivity index (χ3n) is 3.39. The van der Waals surface area contributed by atoms with Gasteiger partial charge in [0.15, 0.2) is 0 Å². The Hall–Kier alpha value is -2.60. The molecule has 0 aromatic carbocycles. The quantitative estimate of drug-likeness (QED) is 0.556. The van der Waals surface area contributed by atoms with E-state index in [2.05, 4.69) is 14.9 Å². The first-order valence-electron chi connectivity index (χ1n) is 6.88. The second kappa shape index (κ2) is 5.65. The van der Waals surface area contributed by atoms with Gasteiger partial charge in [0.05, 0.1) is 31.0 Å². The molecule has 0 atom stereocenters. The van der Waals surface area contributed by atoms with Crippen LogP contribution >= 0.6 is 11.3 Å². The minimum atomic E-state index is 0.621. The van der Waals surface area contributed by atoms with Gasteiger partial charge in [-0.05, 0) is 35.7 Å². The van der Waals surface area contributed by atoms with Crippen molar-refractivity contribution in [3.05, 3.63) is 66.1 Å². The average Bonchev–Trinajstić information content (AvgIpc) is 3.28. The minimum absolute atomic E-state index is 0.621. The molecule has 22 heavy (non-hydrogen) atoms. The Morgan fingerprint density at radius 3 is 2.32 bits per heavy atom. The van der Waals surface area contributed by atoms with Crippen LogP contribution in [0.5, 0.6) is 0 Å². The minimum Gasteiger partial charge on any atom is -0.467 e. The molecule has 4 aromatic rings. The fourth-order valence-electron chi connectivity index (χ4n) is 2.42. The molecule has 0 spiro atoms. The first-order chi connectivity index (χ1) is 10.9. The molecule has 5 nitrogen and oxygen atoms in total. The van der Waals surface area contributed by atoms with Gasteiger partial charge in [-0.1, -0.05) is 0 Å². The van der Waals surface area contributed by atoms with Gasteiger partial charge >= 0.3 is 0 Å². The van der Waals surface area contributed by atoms with Gasteiger partial charge in [0.2, 0.25) is 0 Å². The maximum atomic E-state index is 5.49. The van der Waals surface area contributed by atoms with E-state index in [-0.39, 0.29) is 0 Å². The molecule has 0 saturated heterocycles. The first kappa shape index (κ1) is 13.1. The predicted molar refractivity (Wildman–Crippen MR) is 84.7 cm³/mol. The number of hydrogen-bond donors (Lipinski definition) is 0. The summed E-state index contributed by atoms with van der Waals surface area (Å²) >= 11 is 1.61. The molecule has 0 aliphatic rings. The van der Waals surface area contributed by atoms with Crippen molar-refractivity contribution in [1.29, 1.82) is 0 Å². The second-order valence-electron chi connectivity index (χ2n) is 4.85. The SMILES string of the molecule is c1coc(CN(Cc2ccco2)c2ncnc3sccc23)c1. The number of fused-ring (bicyclic) bond motifs is 1. The fourth-order valence-corrected chi connectivity index (χ4v) is 3.14. The van der Waals surface area contributed by atoms with Gasteiger partial charge in [-0.15, -0.1) is 11.3 Å². The number of thiophene rings is 1. The zero-order valence-electron chi connectivity index (χ0n) is 11.7. The van der Waals surface area contributed by atoms with Crippen LogP contribution in [0.4, 0.5) is 5.82 Å². The van der Waals surface area contributed by atoms with Gasteiger partial charge in [-0.25, -0.2) is 9.97 Å². The van der Waals surface area contributed by atoms with Crippen LogP contribution in [0.25, 0.3) is 10.2 Å². The van der Waals surface area contributed by atoms with Gasteiger partial charge in [0.1, 0.15) is 28.5 Å². The highest BCUT2D eigenvalue weighted by molar-refractivity contribution is 7.16. The molecule has 4 aromatic heterocycles. The van der Waals surface area contributed by atoms with Crippen molar-refractivity contribution in [2.75, 3.05) is 4.90 Å². The fraction of sp³-hybridized carbons (Fsp3) is 0.125. The average molecular weight is 311 g/mol. The van der Waals surface area contributed by atoms with Gasteiger partial charge in [-0.3, -0.25) is 0 Å². The van der Waals surface area contributed by atoms with Crippen LogP contribution in [0.3, 0.4) is 0 Å². The van der Waals surface area contributed by atoms with E-state index in [0.717, 1.165) is 27.6 Å². The molecule has 0 unspecified atom stereocenters. The summed E-state index contributed by atoms with van der Waals surface area (Å²) in [5, 5.41) is 3.08. The molecular weight excluding hydrogens is 298 g/mol. The van der Waals surface area contributed by atoms with Crippen LogP contribution in [0.2, 0.25) is 0 Å². The maximum Gasteiger partial charge on any atom is 0.141 e. The van der Waals surface area contributed by atoms with Gasteiger partial charge < -0.3 is 13.7 Å². The highest BCUT2D eigenvalue weighted by Gasteiger charge is 2.16. The van der Waals surface area contributed by atoms with E-state index < -0.39 is 0 Å². The monoisotopic (exact) mass is 311 g/mol. The zero-order chi connectivity index (χ0) is 14.8. The highest BCUT2D eigenvalue weighted by Crippen LogP contribution is 2.29. The molecule has 0 amide bonds. The van der Waals surface area contributed by atoms with Crippen molar-refractivity contribution < 1.29 is 8.83 Å². The van der Waals surface area contributed by atoms with Crippen molar-refractivity contribution in [2.24, 2.45) is 0 Å². The summed E-state index contributed by atoms with van der Waals surface area (Å²) < 4.78 is 11.0. The zero-order valence-corrected chi connectivity index (χ0v) is 12.5. The smallest absolute Gasteiger partial charge is 0.141 e. The largest absolute Gasteiger partial charge is 0.467 e. The molecule has 0 bridgehead atoms. The van der Waals surface area contributed by atoms with Crippen molar-refractivity contribution in [3.63, 3.8) is 0 Å². The molecule has 0 saturated carbocycles. The Kier molecular flexibility index (Phi) is 3.36. The number of rotatable bonds is 5. The van der Waals surface area contributed by atoms with Crippen molar-refractivity contribution in [1.82, 2.24) is 9.97 Å². The lowest BCUT2D eigenvalue weighted by atomic mass is 10.3. The summed E-state index contributed by atoms with van der Waals surface area (Å²) in [7, 11) is 0. The summed E-state index contributed by atoms with van der Waals surface area (Å²) in [5.41, 5.74) is 0. The van der Waals surface area contributed by atoms with Crippen LogP contribution < -0.4 is 4.90 Å². The molecule has 4 rings (SSSR count). The summed E-state index contributed by atoms with van der Waals surface area (Å²) in [4.78, 5) is 11.9. The summed E-state index contributed by atoms with van der Waals surface area (Å²) in [5.74, 6) is 2.65. The van der Waals surface area contributed by atoms with Crippen molar-refractivity contribution in [3.8, 4) is 0 Å². The first-order valence-corrected chi connectivity index (χ1v) is 7.76. The van der Waals surface area contributed by atoms with E-state index in [0.29, 0.717) is 13.1 Å². The number of anilines is 1. The molecule has 0 aliphatic carbocycles. The lowest BCUT2D eigenvalue weighted by Crippen LogP contribution is -2.23. The normalized spacial score (nSPS) is 11.1. The van der Waals surface area contributed by atoms with Crippen molar-refractivity contribution in [2.45, 2.75) is 13.1 Å². The van der Waals surface area contributed by atoms with Crippen LogP contribution in [-0.2, 0) is 13.1 Å². The Morgan fingerprint density at radius 1 is 0.955 bits per heavy atom. The lowest BCUT2D eigenvalue weighted by molar-refractivity contribution is 0.476. The maximum absolute atomic E-state index is 5.49. The van der Waals surface area contributed by atoms with E-state index in [4.69, 9.17) is 8.83 Å². The Morgan fingerprint density at radius 2 is 1.68 bits per heavy atom. The summed E-state index contributed by atoms with van der Waals surface area (Å²) in [6, 6.07) is 9.75. The topological polar surface area (TPSA) is 55.3 Å². The lowest BCUT2D eigenvalue weighted by Gasteiger charge is -2.22. The molecule has 0 aliphatic heterocycles. The second-order valence-corrected chi connectivity index (χ2v) is 5.75. The summed E-state index contributed by atoms with van der Waals surface area (Å²) in [6.45, 7) is 1.24. The Labute approximate surface area is 130 Å². The summed E-state index contributed by atoms with van der Waals surface area (Å²) in [6.07, 6.45) is 4.96. The molecular formula is C16H13N3O2S. The molecule has 4 heterocycles. The van der Waals surface area contributed by atoms with E-state index in [1.165, 1.54) is 0 Å².